The molecule has 29 heavy (non-hydrogen) atoms. The lowest BCUT2D eigenvalue weighted by Crippen LogP contribution is -2.20. The number of aromatic nitrogens is 2. The predicted octanol–water partition coefficient (Wildman–Crippen LogP) is 5.29. The summed E-state index contributed by atoms with van der Waals surface area (Å²) in [4.78, 5) is 17.1. The fourth-order valence-electron chi connectivity index (χ4n) is 3.20. The maximum atomic E-state index is 12.5. The number of imidazole rings is 1. The minimum atomic E-state index is -0.244. The van der Waals surface area contributed by atoms with E-state index in [9.17, 15) is 4.79 Å². The molecule has 4 rings (SSSR count). The maximum absolute atomic E-state index is 12.5. The summed E-state index contributed by atoms with van der Waals surface area (Å²) < 4.78 is 7.61. The van der Waals surface area contributed by atoms with Crippen molar-refractivity contribution in [3.05, 3.63) is 83.1 Å². The normalized spacial score (nSPS) is 10.9. The second kappa shape index (κ2) is 7.97. The lowest BCUT2D eigenvalue weighted by Gasteiger charge is -2.12. The molecule has 6 heteroatoms. The largest absolute Gasteiger partial charge is 0.484 e. The SMILES string of the molecule is Cc1cc(OCC(=O)Nc2ccccc2-c2cn3ccccc3n2)cc(C)c1Cl. The van der Waals surface area contributed by atoms with Gasteiger partial charge >= 0.3 is 0 Å². The highest BCUT2D eigenvalue weighted by molar-refractivity contribution is 6.32. The molecule has 0 fully saturated rings. The van der Waals surface area contributed by atoms with Gasteiger partial charge in [-0.25, -0.2) is 4.98 Å². The molecule has 0 radical (unpaired) electrons. The monoisotopic (exact) mass is 405 g/mol. The van der Waals surface area contributed by atoms with Crippen molar-refractivity contribution in [2.75, 3.05) is 11.9 Å². The summed E-state index contributed by atoms with van der Waals surface area (Å²) in [5.74, 6) is 0.375. The molecular weight excluding hydrogens is 386 g/mol. The summed E-state index contributed by atoms with van der Waals surface area (Å²) in [5, 5.41) is 3.64. The number of nitrogens with zero attached hydrogens (tertiary/aromatic N) is 2. The molecule has 2 aromatic heterocycles. The molecule has 0 spiro atoms. The van der Waals surface area contributed by atoms with E-state index in [1.54, 1.807) is 0 Å². The van der Waals surface area contributed by atoms with Crippen LogP contribution in [0.15, 0.2) is 67.0 Å². The molecule has 0 saturated carbocycles. The maximum Gasteiger partial charge on any atom is 0.262 e. The minimum absolute atomic E-state index is 0.0972. The number of para-hydroxylation sites is 1. The van der Waals surface area contributed by atoms with Gasteiger partial charge in [0.1, 0.15) is 11.4 Å². The van der Waals surface area contributed by atoms with Gasteiger partial charge in [-0.3, -0.25) is 4.79 Å². The topological polar surface area (TPSA) is 55.6 Å². The van der Waals surface area contributed by atoms with Gasteiger partial charge in [-0.2, -0.15) is 0 Å². The third-order valence-corrected chi connectivity index (χ3v) is 5.22. The van der Waals surface area contributed by atoms with Crippen molar-refractivity contribution in [2.45, 2.75) is 13.8 Å². The predicted molar refractivity (Wildman–Crippen MR) is 116 cm³/mol. The molecule has 0 unspecified atom stereocenters. The molecule has 5 nitrogen and oxygen atoms in total. The Morgan fingerprint density at radius 1 is 1.10 bits per heavy atom. The Balaban J connectivity index is 1.50. The summed E-state index contributed by atoms with van der Waals surface area (Å²) in [7, 11) is 0. The molecule has 0 aliphatic rings. The van der Waals surface area contributed by atoms with E-state index in [2.05, 4.69) is 10.3 Å². The van der Waals surface area contributed by atoms with E-state index in [-0.39, 0.29) is 12.5 Å². The number of fused-ring (bicyclic) bond motifs is 1. The summed E-state index contributed by atoms with van der Waals surface area (Å²) in [5.41, 5.74) is 5.01. The Morgan fingerprint density at radius 2 is 1.83 bits per heavy atom. The fraction of sp³-hybridized carbons (Fsp3) is 0.130. The molecule has 0 saturated heterocycles. The number of pyridine rings is 1. The first-order valence-electron chi connectivity index (χ1n) is 9.24. The number of hydrogen-bond donors (Lipinski definition) is 1. The van der Waals surface area contributed by atoms with Crippen LogP contribution in [0.25, 0.3) is 16.9 Å². The average molecular weight is 406 g/mol. The van der Waals surface area contributed by atoms with Crippen molar-refractivity contribution in [2.24, 2.45) is 0 Å². The van der Waals surface area contributed by atoms with Crippen LogP contribution in [-0.4, -0.2) is 21.9 Å². The van der Waals surface area contributed by atoms with Crippen molar-refractivity contribution in [1.29, 1.82) is 0 Å². The van der Waals surface area contributed by atoms with Gasteiger partial charge in [-0.05, 0) is 55.3 Å². The van der Waals surface area contributed by atoms with Gasteiger partial charge in [0.05, 0.1) is 11.4 Å². The molecule has 1 N–H and O–H groups in total. The van der Waals surface area contributed by atoms with Crippen molar-refractivity contribution in [1.82, 2.24) is 9.38 Å². The minimum Gasteiger partial charge on any atom is -0.484 e. The highest BCUT2D eigenvalue weighted by atomic mass is 35.5. The number of carbonyl (C=O) groups is 1. The number of ether oxygens (including phenoxy) is 1. The fourth-order valence-corrected chi connectivity index (χ4v) is 3.31. The van der Waals surface area contributed by atoms with Crippen LogP contribution in [0.2, 0.25) is 5.02 Å². The van der Waals surface area contributed by atoms with Gasteiger partial charge in [0.15, 0.2) is 6.61 Å². The molecule has 146 valence electrons. The van der Waals surface area contributed by atoms with E-state index >= 15 is 0 Å². The van der Waals surface area contributed by atoms with Crippen LogP contribution in [0.3, 0.4) is 0 Å². The van der Waals surface area contributed by atoms with E-state index in [0.29, 0.717) is 16.5 Å². The molecule has 1 amide bonds. The van der Waals surface area contributed by atoms with Crippen molar-refractivity contribution < 1.29 is 9.53 Å². The number of anilines is 1. The Kier molecular flexibility index (Phi) is 5.23. The van der Waals surface area contributed by atoms with E-state index < -0.39 is 0 Å². The number of benzene rings is 2. The highest BCUT2D eigenvalue weighted by Crippen LogP contribution is 2.28. The van der Waals surface area contributed by atoms with Crippen LogP contribution in [0.5, 0.6) is 5.75 Å². The number of halogens is 1. The molecule has 0 atom stereocenters. The van der Waals surface area contributed by atoms with Crippen LogP contribution in [0, 0.1) is 13.8 Å². The number of nitrogens with one attached hydrogen (secondary N) is 1. The molecular formula is C23H20ClN3O2. The number of amides is 1. The lowest BCUT2D eigenvalue weighted by atomic mass is 10.1. The lowest BCUT2D eigenvalue weighted by molar-refractivity contribution is -0.118. The van der Waals surface area contributed by atoms with Crippen LogP contribution >= 0.6 is 11.6 Å². The summed E-state index contributed by atoms with van der Waals surface area (Å²) in [6.45, 7) is 3.72. The molecule has 0 aliphatic heterocycles. The van der Waals surface area contributed by atoms with E-state index in [1.165, 1.54) is 0 Å². The smallest absolute Gasteiger partial charge is 0.262 e. The second-order valence-electron chi connectivity index (χ2n) is 6.85. The van der Waals surface area contributed by atoms with Gasteiger partial charge in [-0.1, -0.05) is 35.9 Å². The second-order valence-corrected chi connectivity index (χ2v) is 7.22. The molecule has 0 aliphatic carbocycles. The number of carbonyl (C=O) groups excluding carboxylic acids is 1. The van der Waals surface area contributed by atoms with Crippen molar-refractivity contribution >= 4 is 28.8 Å². The Bertz CT molecular complexity index is 1140. The zero-order valence-electron chi connectivity index (χ0n) is 16.1. The van der Waals surface area contributed by atoms with E-state index in [4.69, 9.17) is 16.3 Å². The number of aryl methyl sites for hydroxylation is 2. The number of hydrogen-bond acceptors (Lipinski definition) is 3. The first-order valence-corrected chi connectivity index (χ1v) is 9.61. The first kappa shape index (κ1) is 19.0. The molecule has 4 aromatic rings. The third kappa shape index (κ3) is 4.10. The van der Waals surface area contributed by atoms with Gasteiger partial charge in [0.2, 0.25) is 0 Å². The van der Waals surface area contributed by atoms with Crippen LogP contribution in [0.1, 0.15) is 11.1 Å². The third-order valence-electron chi connectivity index (χ3n) is 4.62. The summed E-state index contributed by atoms with van der Waals surface area (Å²) in [6, 6.07) is 17.1. The van der Waals surface area contributed by atoms with Gasteiger partial charge in [0.25, 0.3) is 5.91 Å². The average Bonchev–Trinajstić information content (AvgIpc) is 3.15. The van der Waals surface area contributed by atoms with Gasteiger partial charge in [-0.15, -0.1) is 0 Å². The van der Waals surface area contributed by atoms with Crippen LogP contribution in [0.4, 0.5) is 5.69 Å². The van der Waals surface area contributed by atoms with Crippen molar-refractivity contribution in [3.63, 3.8) is 0 Å². The number of rotatable bonds is 5. The molecule has 0 bridgehead atoms. The van der Waals surface area contributed by atoms with Gasteiger partial charge in [0, 0.05) is 23.0 Å². The highest BCUT2D eigenvalue weighted by Gasteiger charge is 2.12. The summed E-state index contributed by atoms with van der Waals surface area (Å²) >= 11 is 6.18. The van der Waals surface area contributed by atoms with E-state index in [0.717, 1.165) is 28.0 Å². The van der Waals surface area contributed by atoms with Crippen LogP contribution in [-0.2, 0) is 4.79 Å². The van der Waals surface area contributed by atoms with Gasteiger partial charge < -0.3 is 14.5 Å². The first-order chi connectivity index (χ1) is 14.0. The summed E-state index contributed by atoms with van der Waals surface area (Å²) in [6.07, 6.45) is 3.88. The van der Waals surface area contributed by atoms with Crippen LogP contribution < -0.4 is 10.1 Å². The molecule has 2 heterocycles. The quantitative estimate of drug-likeness (QED) is 0.491. The molecule has 2 aromatic carbocycles. The van der Waals surface area contributed by atoms with Crippen molar-refractivity contribution in [3.8, 4) is 17.0 Å². The zero-order valence-corrected chi connectivity index (χ0v) is 16.9. The zero-order chi connectivity index (χ0) is 20.4. The standard InChI is InChI=1S/C23H20ClN3O2/c1-15-11-17(12-16(2)23(15)24)29-14-22(28)26-19-8-4-3-7-18(19)20-13-27-10-6-5-9-21(27)25-20/h3-13H,14H2,1-2H3,(H,26,28). The Morgan fingerprint density at radius 3 is 2.59 bits per heavy atom. The Hall–Kier alpha value is -3.31. The van der Waals surface area contributed by atoms with E-state index in [1.807, 2.05) is 85.2 Å². The Labute approximate surface area is 173 Å².